The summed E-state index contributed by atoms with van der Waals surface area (Å²) < 4.78 is 0. The number of hydrogen-bond acceptors (Lipinski definition) is 0. The van der Waals surface area contributed by atoms with E-state index in [-0.39, 0.29) is 0 Å². The summed E-state index contributed by atoms with van der Waals surface area (Å²) >= 11 is 0. The summed E-state index contributed by atoms with van der Waals surface area (Å²) in [5, 5.41) is 0. The maximum absolute atomic E-state index is 2.47. The molecule has 0 aromatic heterocycles. The van der Waals surface area contributed by atoms with Gasteiger partial charge in [-0.05, 0) is 38.0 Å². The summed E-state index contributed by atoms with van der Waals surface area (Å²) in [6.45, 7) is 2.26. The van der Waals surface area contributed by atoms with E-state index in [0.717, 1.165) is 11.8 Å². The fourth-order valence-corrected chi connectivity index (χ4v) is 1.67. The Morgan fingerprint density at radius 2 is 2.50 bits per heavy atom. The molecule has 2 aliphatic carbocycles. The van der Waals surface area contributed by atoms with E-state index in [1.54, 1.807) is 5.57 Å². The summed E-state index contributed by atoms with van der Waals surface area (Å²) in [5.74, 6) is 2.13. The van der Waals surface area contributed by atoms with Crippen LogP contribution in [0.5, 0.6) is 0 Å². The monoisotopic (exact) mass is 108 g/mol. The van der Waals surface area contributed by atoms with Gasteiger partial charge in [0.2, 0.25) is 0 Å². The molecule has 0 saturated heterocycles. The van der Waals surface area contributed by atoms with Gasteiger partial charge in [0.1, 0.15) is 0 Å². The maximum Gasteiger partial charge on any atom is -0.0199 e. The van der Waals surface area contributed by atoms with E-state index in [1.165, 1.54) is 19.3 Å². The van der Waals surface area contributed by atoms with Crippen molar-refractivity contribution in [2.45, 2.75) is 26.2 Å². The molecule has 2 aliphatic rings. The number of fused-ring (bicyclic) bond motifs is 1. The van der Waals surface area contributed by atoms with Crippen molar-refractivity contribution < 1.29 is 0 Å². The van der Waals surface area contributed by atoms with Gasteiger partial charge in [0.25, 0.3) is 0 Å². The van der Waals surface area contributed by atoms with Crippen LogP contribution >= 0.6 is 0 Å². The third-order valence-corrected chi connectivity index (χ3v) is 2.39. The minimum atomic E-state index is 1.02. The van der Waals surface area contributed by atoms with Crippen LogP contribution in [0.3, 0.4) is 0 Å². The average Bonchev–Trinajstić information content (AvgIpc) is 2.43. The molecule has 0 N–H and O–H groups in total. The van der Waals surface area contributed by atoms with Gasteiger partial charge in [0.05, 0.1) is 0 Å². The van der Waals surface area contributed by atoms with Gasteiger partial charge in [-0.3, -0.25) is 0 Å². The lowest BCUT2D eigenvalue weighted by molar-refractivity contribution is 0.659. The molecule has 2 rings (SSSR count). The van der Waals surface area contributed by atoms with Crippen LogP contribution in [0.15, 0.2) is 11.6 Å². The van der Waals surface area contributed by atoms with Gasteiger partial charge in [0, 0.05) is 0 Å². The minimum absolute atomic E-state index is 1.02. The zero-order valence-corrected chi connectivity index (χ0v) is 5.35. The molecule has 1 fully saturated rings. The number of allylic oxidation sites excluding steroid dienone is 2. The Labute approximate surface area is 50.6 Å². The summed E-state index contributed by atoms with van der Waals surface area (Å²) in [5.41, 5.74) is 1.63. The average molecular weight is 108 g/mol. The zero-order chi connectivity index (χ0) is 5.56. The molecule has 0 aromatic carbocycles. The topological polar surface area (TPSA) is 0 Å². The first kappa shape index (κ1) is 4.60. The normalized spacial score (nSPS) is 42.9. The number of hydrogen-bond donors (Lipinski definition) is 0. The number of rotatable bonds is 0. The molecule has 0 heterocycles. The Kier molecular flexibility index (Phi) is 0.787. The van der Waals surface area contributed by atoms with Gasteiger partial charge in [0.15, 0.2) is 0 Å². The minimum Gasteiger partial charge on any atom is -0.0822 e. The van der Waals surface area contributed by atoms with E-state index >= 15 is 0 Å². The van der Waals surface area contributed by atoms with Crippen molar-refractivity contribution in [3.8, 4) is 0 Å². The Balaban J connectivity index is 2.15. The predicted molar refractivity (Wildman–Crippen MR) is 34.6 cm³/mol. The molecular formula is C8H12. The van der Waals surface area contributed by atoms with Gasteiger partial charge in [-0.15, -0.1) is 0 Å². The van der Waals surface area contributed by atoms with Gasteiger partial charge in [-0.1, -0.05) is 11.6 Å². The van der Waals surface area contributed by atoms with E-state index < -0.39 is 0 Å². The van der Waals surface area contributed by atoms with Crippen molar-refractivity contribution in [2.24, 2.45) is 11.8 Å². The van der Waals surface area contributed by atoms with Crippen LogP contribution in [-0.4, -0.2) is 0 Å². The van der Waals surface area contributed by atoms with Gasteiger partial charge in [-0.2, -0.15) is 0 Å². The van der Waals surface area contributed by atoms with Crippen molar-refractivity contribution in [3.63, 3.8) is 0 Å². The molecule has 0 aliphatic heterocycles. The van der Waals surface area contributed by atoms with E-state index in [2.05, 4.69) is 13.0 Å². The molecule has 0 nitrogen and oxygen atoms in total. The van der Waals surface area contributed by atoms with Crippen LogP contribution in [0, 0.1) is 11.8 Å². The summed E-state index contributed by atoms with van der Waals surface area (Å²) in [4.78, 5) is 0. The second kappa shape index (κ2) is 1.37. The summed E-state index contributed by atoms with van der Waals surface area (Å²) in [6, 6.07) is 0. The van der Waals surface area contributed by atoms with Crippen LogP contribution in [0.4, 0.5) is 0 Å². The molecule has 1 saturated carbocycles. The van der Waals surface area contributed by atoms with Crippen molar-refractivity contribution in [1.29, 1.82) is 0 Å². The molecule has 0 aromatic rings. The van der Waals surface area contributed by atoms with Crippen molar-refractivity contribution in [2.75, 3.05) is 0 Å². The molecule has 0 heteroatoms. The molecule has 0 spiro atoms. The fourth-order valence-electron chi connectivity index (χ4n) is 1.67. The van der Waals surface area contributed by atoms with Crippen LogP contribution < -0.4 is 0 Å². The van der Waals surface area contributed by atoms with Crippen LogP contribution in [0.1, 0.15) is 26.2 Å². The van der Waals surface area contributed by atoms with Gasteiger partial charge < -0.3 is 0 Å². The highest BCUT2D eigenvalue weighted by atomic mass is 14.4. The lowest BCUT2D eigenvalue weighted by Crippen LogP contribution is -1.89. The van der Waals surface area contributed by atoms with E-state index in [4.69, 9.17) is 0 Å². The van der Waals surface area contributed by atoms with Crippen LogP contribution in [-0.2, 0) is 0 Å². The standard InChI is InChI=1S/C8H12/c1-6-2-3-7-5-8(7)4-6/h4,7-8H,2-3,5H2,1H3. The first-order valence-electron chi connectivity index (χ1n) is 3.53. The summed E-state index contributed by atoms with van der Waals surface area (Å²) in [6.07, 6.45) is 6.82. The molecule has 0 amide bonds. The second-order valence-electron chi connectivity index (χ2n) is 3.21. The molecule has 0 bridgehead atoms. The second-order valence-corrected chi connectivity index (χ2v) is 3.21. The maximum atomic E-state index is 2.47. The quantitative estimate of drug-likeness (QED) is 0.418. The SMILES string of the molecule is CC1=CC2CC2CC1. The van der Waals surface area contributed by atoms with Crippen LogP contribution in [0.25, 0.3) is 0 Å². The van der Waals surface area contributed by atoms with Crippen molar-refractivity contribution in [1.82, 2.24) is 0 Å². The highest BCUT2D eigenvalue weighted by molar-refractivity contribution is 5.13. The molecule has 44 valence electrons. The summed E-state index contributed by atoms with van der Waals surface area (Å²) in [7, 11) is 0. The van der Waals surface area contributed by atoms with E-state index in [0.29, 0.717) is 0 Å². The largest absolute Gasteiger partial charge is 0.0822 e. The van der Waals surface area contributed by atoms with Crippen molar-refractivity contribution >= 4 is 0 Å². The Morgan fingerprint density at radius 3 is 3.12 bits per heavy atom. The third-order valence-electron chi connectivity index (χ3n) is 2.39. The molecule has 0 radical (unpaired) electrons. The zero-order valence-electron chi connectivity index (χ0n) is 5.35. The Morgan fingerprint density at radius 1 is 1.62 bits per heavy atom. The van der Waals surface area contributed by atoms with Gasteiger partial charge in [-0.25, -0.2) is 0 Å². The lowest BCUT2D eigenvalue weighted by atomic mass is 10.0. The fraction of sp³-hybridized carbons (Fsp3) is 0.750. The highest BCUT2D eigenvalue weighted by Crippen LogP contribution is 2.47. The Hall–Kier alpha value is -0.260. The smallest absolute Gasteiger partial charge is 0.0199 e. The predicted octanol–water partition coefficient (Wildman–Crippen LogP) is 2.36. The molecule has 2 atom stereocenters. The first-order valence-corrected chi connectivity index (χ1v) is 3.53. The van der Waals surface area contributed by atoms with Gasteiger partial charge >= 0.3 is 0 Å². The third kappa shape index (κ3) is 0.594. The molecule has 8 heavy (non-hydrogen) atoms. The molecular weight excluding hydrogens is 96.1 g/mol. The van der Waals surface area contributed by atoms with E-state index in [1.807, 2.05) is 0 Å². The Bertz CT molecular complexity index is 133. The highest BCUT2D eigenvalue weighted by Gasteiger charge is 2.36. The van der Waals surface area contributed by atoms with Crippen LogP contribution in [0.2, 0.25) is 0 Å². The molecule has 2 unspecified atom stereocenters. The first-order chi connectivity index (χ1) is 3.86. The van der Waals surface area contributed by atoms with E-state index in [9.17, 15) is 0 Å². The van der Waals surface area contributed by atoms with Crippen molar-refractivity contribution in [3.05, 3.63) is 11.6 Å². The lowest BCUT2D eigenvalue weighted by Gasteiger charge is -2.05.